The van der Waals surface area contributed by atoms with Crippen LogP contribution in [0.4, 0.5) is 0 Å². The number of hydrogen-bond acceptors (Lipinski definition) is 1. The molecule has 0 aromatic rings. The minimum absolute atomic E-state index is 0.479. The fourth-order valence-corrected chi connectivity index (χ4v) is 1.64. The van der Waals surface area contributed by atoms with Crippen molar-refractivity contribution >= 4 is 5.97 Å². The summed E-state index contributed by atoms with van der Waals surface area (Å²) >= 11 is 0. The normalized spacial score (nSPS) is 18.5. The maximum absolute atomic E-state index is 10.8. The molecule has 0 radical (unpaired) electrons. The van der Waals surface area contributed by atoms with Gasteiger partial charge in [-0.2, -0.15) is 0 Å². The molecule has 0 saturated heterocycles. The van der Waals surface area contributed by atoms with E-state index in [1.54, 1.807) is 6.08 Å². The second-order valence-corrected chi connectivity index (χ2v) is 4.79. The molecule has 1 atom stereocenters. The number of allylic oxidation sites excluding steroid dienone is 8. The maximum atomic E-state index is 10.8. The fourth-order valence-electron chi connectivity index (χ4n) is 1.64. The van der Waals surface area contributed by atoms with Crippen molar-refractivity contribution in [1.29, 1.82) is 0 Å². The lowest BCUT2D eigenvalue weighted by Gasteiger charge is -1.90. The number of aliphatic carboxylic acids is 1. The van der Waals surface area contributed by atoms with Crippen LogP contribution >= 0.6 is 0 Å². The van der Waals surface area contributed by atoms with E-state index in [4.69, 9.17) is 12.0 Å². The van der Waals surface area contributed by atoms with Gasteiger partial charge in [-0.25, -0.2) is 0 Å². The summed E-state index contributed by atoms with van der Waals surface area (Å²) < 4.78 is 37.5. The smallest absolute Gasteiger partial charge is 0.303 e. The van der Waals surface area contributed by atoms with Crippen LogP contribution in [-0.4, -0.2) is 11.1 Å². The zero-order valence-electron chi connectivity index (χ0n) is 18.5. The largest absolute Gasteiger partial charge is 0.481 e. The molecule has 1 N–H and O–H groups in total. The van der Waals surface area contributed by atoms with E-state index in [-0.39, 0.29) is 0 Å². The molecule has 0 amide bonds. The first-order valence-corrected chi connectivity index (χ1v) is 7.95. The van der Waals surface area contributed by atoms with E-state index >= 15 is 0 Å². The molecule has 0 aliphatic heterocycles. The Morgan fingerprint density at radius 3 is 2.00 bits per heavy atom. The Morgan fingerprint density at radius 1 is 0.909 bits per heavy atom. The number of hydrogen-bond donors (Lipinski definition) is 1. The van der Waals surface area contributed by atoms with Crippen molar-refractivity contribution in [2.45, 2.75) is 71.0 Å². The van der Waals surface area contributed by atoms with Crippen molar-refractivity contribution in [3.05, 3.63) is 48.6 Å². The first-order valence-electron chi connectivity index (χ1n) is 10.5. The lowest BCUT2D eigenvalue weighted by Crippen LogP contribution is -1.92. The van der Waals surface area contributed by atoms with Gasteiger partial charge in [0.1, 0.15) is 0 Å². The third-order valence-electron chi connectivity index (χ3n) is 2.79. The Hall–Kier alpha value is -1.57. The molecule has 2 heteroatoms. The van der Waals surface area contributed by atoms with Gasteiger partial charge < -0.3 is 5.11 Å². The summed E-state index contributed by atoms with van der Waals surface area (Å²) in [5.74, 6) is -1.90. The third kappa shape index (κ3) is 18.4. The molecule has 0 rings (SSSR count). The number of rotatable bonds is 14. The molecular weight excluding hydrogens is 272 g/mol. The molecule has 0 aliphatic rings. The van der Waals surface area contributed by atoms with Crippen LogP contribution in [0.2, 0.25) is 0 Å². The maximum Gasteiger partial charge on any atom is 0.303 e. The van der Waals surface area contributed by atoms with Crippen LogP contribution in [-0.2, 0) is 4.79 Å². The Kier molecular flexibility index (Phi) is 10.3. The van der Waals surface area contributed by atoms with E-state index in [9.17, 15) is 4.79 Å². The van der Waals surface area contributed by atoms with E-state index < -0.39 is 25.1 Å². The van der Waals surface area contributed by atoms with Crippen LogP contribution in [0.5, 0.6) is 0 Å². The summed E-state index contributed by atoms with van der Waals surface area (Å²) in [4.78, 5) is 10.8. The highest BCUT2D eigenvalue weighted by Crippen LogP contribution is 2.01. The molecule has 0 saturated carbocycles. The van der Waals surface area contributed by atoms with E-state index in [0.717, 1.165) is 19.3 Å². The second kappa shape index (κ2) is 17.5. The number of carboxylic acids is 1. The minimum atomic E-state index is -3.12. The molecule has 124 valence electrons. The number of unbranched alkanes of at least 4 members (excludes halogenated alkanes) is 3. The predicted octanol–water partition coefficient (Wildman–Crippen LogP) is 6.22. The summed E-state index contributed by atoms with van der Waals surface area (Å²) in [5.41, 5.74) is 0. The molecule has 1 unspecified atom stereocenters. The zero-order valence-corrected chi connectivity index (χ0v) is 13.5. The zero-order chi connectivity index (χ0) is 20.8. The first kappa shape index (κ1) is 12.9. The van der Waals surface area contributed by atoms with Gasteiger partial charge in [0.2, 0.25) is 0 Å². The van der Waals surface area contributed by atoms with Gasteiger partial charge in [-0.15, -0.1) is 0 Å². The highest BCUT2D eigenvalue weighted by atomic mass is 16.4. The summed E-state index contributed by atoms with van der Waals surface area (Å²) in [6.45, 7) is 2.19. The SMILES string of the molecule is [2H]C(/C=C\C/C=C\C/C=C\C/C=C\CCCCC)C([2H])([2H])C([2H])([2H])C(=O)O. The van der Waals surface area contributed by atoms with Gasteiger partial charge in [0, 0.05) is 13.2 Å². The molecule has 2 nitrogen and oxygen atoms in total. The number of carbonyl (C=O) groups is 1. The van der Waals surface area contributed by atoms with E-state index in [2.05, 4.69) is 31.2 Å². The van der Waals surface area contributed by atoms with Gasteiger partial charge in [-0.1, -0.05) is 68.4 Å². The lowest BCUT2D eigenvalue weighted by molar-refractivity contribution is -0.137. The standard InChI is InChI=1S/C20H32O2/c1-2-3-4-5-6-7-8-9-10-11-12-13-14-15-16-17-18-19-20(21)22/h6-7,9-10,12-13,15-16H,2-5,8,11,14,17-19H2,1H3,(H,21,22)/b7-6-,10-9-,13-12-,16-15-/i17D,18D2,19D2. The van der Waals surface area contributed by atoms with Crippen molar-refractivity contribution in [2.75, 3.05) is 0 Å². The van der Waals surface area contributed by atoms with Crippen LogP contribution in [0.15, 0.2) is 48.6 Å². The Balaban J connectivity index is 4.11. The second-order valence-electron chi connectivity index (χ2n) is 4.79. The van der Waals surface area contributed by atoms with E-state index in [1.807, 2.05) is 12.2 Å². The number of carboxylic acid groups (broad SMARTS) is 1. The molecule has 0 spiro atoms. The minimum Gasteiger partial charge on any atom is -0.481 e. The Morgan fingerprint density at radius 2 is 1.45 bits per heavy atom. The van der Waals surface area contributed by atoms with E-state index in [0.29, 0.717) is 6.42 Å². The molecule has 0 bridgehead atoms. The molecule has 0 fully saturated rings. The van der Waals surface area contributed by atoms with Crippen molar-refractivity contribution < 1.29 is 16.8 Å². The molecular formula is C20H32O2. The average Bonchev–Trinajstić information content (AvgIpc) is 2.61. The van der Waals surface area contributed by atoms with Gasteiger partial charge in [0.15, 0.2) is 0 Å². The Labute approximate surface area is 143 Å². The Bertz CT molecular complexity index is 536. The van der Waals surface area contributed by atoms with Crippen LogP contribution in [0.25, 0.3) is 0 Å². The van der Waals surface area contributed by atoms with Crippen molar-refractivity contribution in [1.82, 2.24) is 0 Å². The van der Waals surface area contributed by atoms with Crippen LogP contribution < -0.4 is 0 Å². The lowest BCUT2D eigenvalue weighted by atomic mass is 10.2. The molecule has 22 heavy (non-hydrogen) atoms. The molecule has 0 aromatic heterocycles. The summed E-state index contributed by atoms with van der Waals surface area (Å²) in [7, 11) is 0. The third-order valence-corrected chi connectivity index (χ3v) is 2.79. The van der Waals surface area contributed by atoms with Gasteiger partial charge in [-0.05, 0) is 44.9 Å². The first-order chi connectivity index (χ1) is 12.7. The summed E-state index contributed by atoms with van der Waals surface area (Å²) in [5, 5.41) is 8.78. The van der Waals surface area contributed by atoms with Gasteiger partial charge in [0.05, 0.1) is 0 Å². The van der Waals surface area contributed by atoms with Crippen LogP contribution in [0.3, 0.4) is 0 Å². The predicted molar refractivity (Wildman–Crippen MR) is 96.0 cm³/mol. The van der Waals surface area contributed by atoms with Crippen molar-refractivity contribution in [2.24, 2.45) is 0 Å². The molecule has 0 heterocycles. The van der Waals surface area contributed by atoms with Crippen LogP contribution in [0, 0.1) is 0 Å². The highest BCUT2D eigenvalue weighted by Gasteiger charge is 1.92. The quantitative estimate of drug-likeness (QED) is 0.305. The van der Waals surface area contributed by atoms with E-state index in [1.165, 1.54) is 25.3 Å². The van der Waals surface area contributed by atoms with Crippen molar-refractivity contribution in [3.8, 4) is 0 Å². The highest BCUT2D eigenvalue weighted by molar-refractivity contribution is 5.66. The summed E-state index contributed by atoms with van der Waals surface area (Å²) in [6, 6.07) is 0. The fraction of sp³-hybridized carbons (Fsp3) is 0.550. The molecule has 0 aromatic carbocycles. The van der Waals surface area contributed by atoms with Gasteiger partial charge in [-0.3, -0.25) is 4.79 Å². The monoisotopic (exact) mass is 309 g/mol. The summed E-state index contributed by atoms with van der Waals surface area (Å²) in [6.07, 6.45) is 14.6. The molecule has 0 aliphatic carbocycles. The van der Waals surface area contributed by atoms with Crippen LogP contribution in [0.1, 0.15) is 77.9 Å². The van der Waals surface area contributed by atoms with Gasteiger partial charge >= 0.3 is 5.97 Å². The van der Waals surface area contributed by atoms with Gasteiger partial charge in [0.25, 0.3) is 0 Å². The topological polar surface area (TPSA) is 37.3 Å². The van der Waals surface area contributed by atoms with Crippen molar-refractivity contribution in [3.63, 3.8) is 0 Å². The average molecular weight is 310 g/mol.